The summed E-state index contributed by atoms with van der Waals surface area (Å²) in [6.45, 7) is 3.66. The van der Waals surface area contributed by atoms with Gasteiger partial charge in [-0.3, -0.25) is 4.79 Å². The highest BCUT2D eigenvalue weighted by Crippen LogP contribution is 2.04. The van der Waals surface area contributed by atoms with E-state index in [0.29, 0.717) is 19.4 Å². The van der Waals surface area contributed by atoms with Crippen LogP contribution in [0.3, 0.4) is 0 Å². The van der Waals surface area contributed by atoms with Crippen molar-refractivity contribution in [3.63, 3.8) is 0 Å². The van der Waals surface area contributed by atoms with E-state index in [1.165, 1.54) is 4.90 Å². The van der Waals surface area contributed by atoms with Gasteiger partial charge in [-0.2, -0.15) is 0 Å². The second kappa shape index (κ2) is 5.19. The molecule has 0 atom stereocenters. The van der Waals surface area contributed by atoms with Crippen molar-refractivity contribution in [3.8, 4) is 0 Å². The molecule has 0 bridgehead atoms. The van der Waals surface area contributed by atoms with Crippen LogP contribution in [0.15, 0.2) is 0 Å². The Morgan fingerprint density at radius 1 is 1.46 bits per heavy atom. The van der Waals surface area contributed by atoms with Crippen LogP contribution >= 0.6 is 0 Å². The number of aliphatic hydroxyl groups is 2. The van der Waals surface area contributed by atoms with Gasteiger partial charge in [-0.25, -0.2) is 0 Å². The fourth-order valence-corrected chi connectivity index (χ4v) is 1.09. The summed E-state index contributed by atoms with van der Waals surface area (Å²) in [6, 6.07) is 0. The lowest BCUT2D eigenvalue weighted by atomic mass is 10.1. The lowest BCUT2D eigenvalue weighted by Gasteiger charge is -2.25. The van der Waals surface area contributed by atoms with Crippen LogP contribution in [-0.2, 0) is 4.79 Å². The van der Waals surface area contributed by atoms with Crippen LogP contribution in [0, 0.1) is 0 Å². The number of carbonyl (C=O) groups excluding carboxylic acids is 1. The maximum atomic E-state index is 11.3. The molecule has 0 fully saturated rings. The monoisotopic (exact) mass is 189 g/mol. The molecule has 0 saturated heterocycles. The van der Waals surface area contributed by atoms with E-state index in [9.17, 15) is 9.90 Å². The molecule has 13 heavy (non-hydrogen) atoms. The topological polar surface area (TPSA) is 60.8 Å². The minimum absolute atomic E-state index is 0.0299. The van der Waals surface area contributed by atoms with E-state index in [1.54, 1.807) is 20.9 Å². The maximum Gasteiger partial charge on any atom is 0.222 e. The molecule has 0 aliphatic carbocycles. The molecule has 0 aromatic rings. The molecule has 0 saturated carbocycles. The minimum atomic E-state index is -0.858. The van der Waals surface area contributed by atoms with Crippen LogP contribution in [-0.4, -0.2) is 46.8 Å². The van der Waals surface area contributed by atoms with Gasteiger partial charge >= 0.3 is 0 Å². The third-order valence-electron chi connectivity index (χ3n) is 1.60. The van der Waals surface area contributed by atoms with Crippen LogP contribution < -0.4 is 0 Å². The first kappa shape index (κ1) is 12.4. The van der Waals surface area contributed by atoms with Crippen molar-refractivity contribution in [2.75, 3.05) is 20.2 Å². The Hall–Kier alpha value is -0.610. The largest absolute Gasteiger partial charge is 0.396 e. The van der Waals surface area contributed by atoms with E-state index in [0.717, 1.165) is 0 Å². The first-order valence-electron chi connectivity index (χ1n) is 4.44. The smallest absolute Gasteiger partial charge is 0.222 e. The van der Waals surface area contributed by atoms with Gasteiger partial charge in [0, 0.05) is 26.6 Å². The maximum absolute atomic E-state index is 11.3. The Kier molecular flexibility index (Phi) is 4.95. The number of hydrogen-bond donors (Lipinski definition) is 2. The second-order valence-electron chi connectivity index (χ2n) is 3.89. The third kappa shape index (κ3) is 6.54. The van der Waals surface area contributed by atoms with Crippen LogP contribution in [0.5, 0.6) is 0 Å². The van der Waals surface area contributed by atoms with Crippen LogP contribution in [0.1, 0.15) is 26.7 Å². The summed E-state index contributed by atoms with van der Waals surface area (Å²) in [6.07, 6.45) is 0.818. The third-order valence-corrected chi connectivity index (χ3v) is 1.60. The van der Waals surface area contributed by atoms with Gasteiger partial charge in [-0.05, 0) is 20.3 Å². The SMILES string of the molecule is CN(CC(C)(C)O)C(=O)CCCO. The Morgan fingerprint density at radius 2 is 2.00 bits per heavy atom. The van der Waals surface area contributed by atoms with Crippen molar-refractivity contribution in [1.82, 2.24) is 4.90 Å². The van der Waals surface area contributed by atoms with Crippen LogP contribution in [0.4, 0.5) is 0 Å². The molecule has 0 unspecified atom stereocenters. The number of amides is 1. The number of carbonyl (C=O) groups is 1. The predicted molar refractivity (Wildman–Crippen MR) is 50.3 cm³/mol. The van der Waals surface area contributed by atoms with E-state index >= 15 is 0 Å². The molecule has 2 N–H and O–H groups in total. The highest BCUT2D eigenvalue weighted by atomic mass is 16.3. The number of likely N-dealkylation sites (N-methyl/N-ethyl adjacent to an activating group) is 1. The summed E-state index contributed by atoms with van der Waals surface area (Å²) >= 11 is 0. The Labute approximate surface area is 79.2 Å². The van der Waals surface area contributed by atoms with E-state index in [4.69, 9.17) is 5.11 Å². The molecule has 0 spiro atoms. The molecule has 0 heterocycles. The lowest BCUT2D eigenvalue weighted by Crippen LogP contribution is -2.39. The van der Waals surface area contributed by atoms with Gasteiger partial charge in [0.05, 0.1) is 5.60 Å². The molecule has 0 aliphatic heterocycles. The number of nitrogens with zero attached hydrogens (tertiary/aromatic N) is 1. The van der Waals surface area contributed by atoms with E-state index in [1.807, 2.05) is 0 Å². The summed E-state index contributed by atoms with van der Waals surface area (Å²) in [7, 11) is 1.65. The zero-order valence-electron chi connectivity index (χ0n) is 8.58. The van der Waals surface area contributed by atoms with Crippen molar-refractivity contribution in [3.05, 3.63) is 0 Å². The molecule has 0 aliphatic rings. The van der Waals surface area contributed by atoms with Gasteiger partial charge in [0.15, 0.2) is 0 Å². The average Bonchev–Trinajstić information content (AvgIpc) is 1.96. The Bertz CT molecular complexity index is 163. The van der Waals surface area contributed by atoms with Gasteiger partial charge in [0.1, 0.15) is 0 Å². The van der Waals surface area contributed by atoms with Crippen molar-refractivity contribution < 1.29 is 15.0 Å². The number of hydrogen-bond acceptors (Lipinski definition) is 3. The van der Waals surface area contributed by atoms with Gasteiger partial charge in [-0.1, -0.05) is 0 Å². The van der Waals surface area contributed by atoms with Crippen LogP contribution in [0.2, 0.25) is 0 Å². The summed E-state index contributed by atoms with van der Waals surface area (Å²) in [5, 5.41) is 17.9. The van der Waals surface area contributed by atoms with Gasteiger partial charge in [0.25, 0.3) is 0 Å². The number of aliphatic hydroxyl groups excluding tert-OH is 1. The zero-order valence-corrected chi connectivity index (χ0v) is 8.58. The first-order valence-corrected chi connectivity index (χ1v) is 4.44. The predicted octanol–water partition coefficient (Wildman–Crippen LogP) is -0.0118. The molecule has 0 radical (unpaired) electrons. The molecular formula is C9H19NO3. The molecule has 0 aromatic heterocycles. The average molecular weight is 189 g/mol. The van der Waals surface area contributed by atoms with Gasteiger partial charge < -0.3 is 15.1 Å². The van der Waals surface area contributed by atoms with Crippen molar-refractivity contribution in [2.24, 2.45) is 0 Å². The first-order chi connectivity index (χ1) is 5.87. The second-order valence-corrected chi connectivity index (χ2v) is 3.89. The molecular weight excluding hydrogens is 170 g/mol. The molecule has 1 amide bonds. The molecule has 78 valence electrons. The summed E-state index contributed by atoms with van der Waals surface area (Å²) in [5.74, 6) is -0.0452. The molecule has 4 heteroatoms. The van der Waals surface area contributed by atoms with Crippen LogP contribution in [0.25, 0.3) is 0 Å². The van der Waals surface area contributed by atoms with E-state index < -0.39 is 5.60 Å². The van der Waals surface area contributed by atoms with Gasteiger partial charge in [0.2, 0.25) is 5.91 Å². The lowest BCUT2D eigenvalue weighted by molar-refractivity contribution is -0.132. The van der Waals surface area contributed by atoms with Crippen molar-refractivity contribution >= 4 is 5.91 Å². The molecule has 0 aromatic carbocycles. The van der Waals surface area contributed by atoms with E-state index in [-0.39, 0.29) is 12.5 Å². The minimum Gasteiger partial charge on any atom is -0.396 e. The summed E-state index contributed by atoms with van der Waals surface area (Å²) in [5.41, 5.74) is -0.858. The fraction of sp³-hybridized carbons (Fsp3) is 0.889. The van der Waals surface area contributed by atoms with Crippen molar-refractivity contribution in [2.45, 2.75) is 32.3 Å². The highest BCUT2D eigenvalue weighted by molar-refractivity contribution is 5.75. The summed E-state index contributed by atoms with van der Waals surface area (Å²) in [4.78, 5) is 12.8. The summed E-state index contributed by atoms with van der Waals surface area (Å²) < 4.78 is 0. The highest BCUT2D eigenvalue weighted by Gasteiger charge is 2.18. The fourth-order valence-electron chi connectivity index (χ4n) is 1.09. The standard InChI is InChI=1S/C9H19NO3/c1-9(2,13)7-10(3)8(12)5-4-6-11/h11,13H,4-7H2,1-3H3. The van der Waals surface area contributed by atoms with Crippen molar-refractivity contribution in [1.29, 1.82) is 0 Å². The normalized spacial score (nSPS) is 11.5. The zero-order chi connectivity index (χ0) is 10.5. The number of rotatable bonds is 5. The van der Waals surface area contributed by atoms with Gasteiger partial charge in [-0.15, -0.1) is 0 Å². The van der Waals surface area contributed by atoms with E-state index in [2.05, 4.69) is 0 Å². The molecule has 4 nitrogen and oxygen atoms in total. The Morgan fingerprint density at radius 3 is 2.38 bits per heavy atom. The Balaban J connectivity index is 3.83. The quantitative estimate of drug-likeness (QED) is 0.639. The molecule has 0 rings (SSSR count).